The van der Waals surface area contributed by atoms with Gasteiger partial charge in [-0.25, -0.2) is 4.79 Å². The highest BCUT2D eigenvalue weighted by Gasteiger charge is 2.15. The molecule has 11 nitrogen and oxygen atoms in total. The van der Waals surface area contributed by atoms with Crippen molar-refractivity contribution < 1.29 is 57.0 Å². The summed E-state index contributed by atoms with van der Waals surface area (Å²) in [5.74, 6) is 0.348. The molecule has 12 heteroatoms. The van der Waals surface area contributed by atoms with Crippen molar-refractivity contribution >= 4 is 17.8 Å². The number of guanidine groups is 1. The predicted octanol–water partition coefficient (Wildman–Crippen LogP) is -0.957. The van der Waals surface area contributed by atoms with Crippen LogP contribution in [0.1, 0.15) is 27.2 Å². The minimum Gasteiger partial charge on any atom is -1.00 e. The molecule has 0 aromatic carbocycles. The molecule has 0 aliphatic carbocycles. The Labute approximate surface area is 218 Å². The number of methoxy groups -OCH3 is 1. The number of nitrogens with one attached hydrogen (secondary N) is 2. The van der Waals surface area contributed by atoms with Crippen LogP contribution < -0.4 is 39.2 Å². The van der Waals surface area contributed by atoms with E-state index in [1.165, 1.54) is 0 Å². The number of hydrogen-bond acceptors (Lipinski definition) is 8. The van der Waals surface area contributed by atoms with Crippen LogP contribution in [0.3, 0.4) is 0 Å². The quantitative estimate of drug-likeness (QED) is 0.0387. The van der Waals surface area contributed by atoms with E-state index in [0.717, 1.165) is 6.42 Å². The molecule has 1 aromatic rings. The van der Waals surface area contributed by atoms with Gasteiger partial charge in [0.25, 0.3) is 6.73 Å². The molecule has 1 rings (SSSR count). The summed E-state index contributed by atoms with van der Waals surface area (Å²) in [7, 11) is 1.61. The maximum atomic E-state index is 11.7. The number of pyridine rings is 1. The Bertz CT molecular complexity index is 772. The summed E-state index contributed by atoms with van der Waals surface area (Å²) in [4.78, 5) is 16.2. The van der Waals surface area contributed by atoms with E-state index in [9.17, 15) is 4.79 Å². The van der Waals surface area contributed by atoms with Gasteiger partial charge in [-0.05, 0) is 17.9 Å². The summed E-state index contributed by atoms with van der Waals surface area (Å²) in [5, 5.41) is 14.6. The zero-order chi connectivity index (χ0) is 24.4. The van der Waals surface area contributed by atoms with Crippen molar-refractivity contribution in [2.75, 3.05) is 58.6 Å². The molecule has 0 aliphatic rings. The molecule has 0 aliphatic heterocycles. The Morgan fingerprint density at radius 2 is 1.82 bits per heavy atom. The first-order chi connectivity index (χ1) is 15.9. The van der Waals surface area contributed by atoms with Gasteiger partial charge in [-0.15, -0.1) is 0 Å². The van der Waals surface area contributed by atoms with Gasteiger partial charge in [0.2, 0.25) is 5.96 Å². The van der Waals surface area contributed by atoms with Crippen LogP contribution in [0.4, 0.5) is 10.5 Å². The van der Waals surface area contributed by atoms with Gasteiger partial charge in [0.05, 0.1) is 33.0 Å². The largest absolute Gasteiger partial charge is 1.00 e. The number of carbonyl (C=O) groups is 1. The molecule has 0 spiro atoms. The topological polar surface area (TPSA) is 127 Å². The number of nitriles is 1. The Hall–Kier alpha value is -2.21. The second-order valence-corrected chi connectivity index (χ2v) is 7.74. The Morgan fingerprint density at radius 3 is 2.47 bits per heavy atom. The summed E-state index contributed by atoms with van der Waals surface area (Å²) < 4.78 is 27.1. The van der Waals surface area contributed by atoms with Gasteiger partial charge in [0.15, 0.2) is 18.6 Å². The van der Waals surface area contributed by atoms with Crippen LogP contribution in [0.5, 0.6) is 0 Å². The first kappa shape index (κ1) is 31.8. The van der Waals surface area contributed by atoms with E-state index < -0.39 is 6.16 Å². The first-order valence-electron chi connectivity index (χ1n) is 10.8. The van der Waals surface area contributed by atoms with Crippen LogP contribution in [0.2, 0.25) is 0 Å². The Morgan fingerprint density at radius 1 is 1.15 bits per heavy atom. The summed E-state index contributed by atoms with van der Waals surface area (Å²) in [5.41, 5.74) is 0.698. The number of anilines is 1. The molecule has 0 saturated heterocycles. The Kier molecular flexibility index (Phi) is 17.9. The molecule has 192 valence electrons. The monoisotopic (exact) mass is 593 g/mol. The number of ether oxygens (including phenoxy) is 5. The highest BCUT2D eigenvalue weighted by Crippen LogP contribution is 2.19. The maximum Gasteiger partial charge on any atom is 0.513 e. The third-order valence-electron chi connectivity index (χ3n) is 4.50. The van der Waals surface area contributed by atoms with E-state index in [-0.39, 0.29) is 49.3 Å². The van der Waals surface area contributed by atoms with E-state index in [0.29, 0.717) is 44.6 Å². The van der Waals surface area contributed by atoms with Gasteiger partial charge in [0.1, 0.15) is 12.3 Å². The highest BCUT2D eigenvalue weighted by atomic mass is 127. The molecular formula is C22H36IN5O6. The van der Waals surface area contributed by atoms with Crippen LogP contribution in [-0.2, 0) is 30.4 Å². The number of carbonyl (C=O) groups excluding carboxylic acids is 1. The standard InChI is InChI=1S/C22H36N5O6.HI/c1-5-22(2,3)16-24-20(25-17-23)26-19-7-6-8-27(15-19)18-33-21(28)32-14-13-31-12-11-30-10-9-29-4;/h6-8,15H,5,9-14,16,18H2,1-4H3,(H2,24,25,26);1H/q+1;/p-1. The number of halogens is 1. The number of nitrogens with zero attached hydrogens (tertiary/aromatic N) is 3. The average molecular weight is 593 g/mol. The predicted molar refractivity (Wildman–Crippen MR) is 121 cm³/mol. The average Bonchev–Trinajstić information content (AvgIpc) is 2.80. The Balaban J connectivity index is 0.0000109. The number of rotatable bonds is 15. The fourth-order valence-electron chi connectivity index (χ4n) is 2.20. The summed E-state index contributed by atoms with van der Waals surface area (Å²) in [6.45, 7) is 9.06. The number of hydrogen-bond donors (Lipinski definition) is 2. The zero-order valence-corrected chi connectivity index (χ0v) is 22.5. The van der Waals surface area contributed by atoms with Crippen LogP contribution >= 0.6 is 0 Å². The molecule has 0 atom stereocenters. The van der Waals surface area contributed by atoms with Gasteiger partial charge in [-0.3, -0.25) is 10.3 Å². The highest BCUT2D eigenvalue weighted by molar-refractivity contribution is 5.94. The van der Waals surface area contributed by atoms with Crippen molar-refractivity contribution in [3.63, 3.8) is 0 Å². The zero-order valence-electron chi connectivity index (χ0n) is 20.3. The van der Waals surface area contributed by atoms with Crippen molar-refractivity contribution in [3.8, 4) is 6.19 Å². The molecule has 34 heavy (non-hydrogen) atoms. The van der Waals surface area contributed by atoms with E-state index >= 15 is 0 Å². The normalized spacial score (nSPS) is 11.2. The third-order valence-corrected chi connectivity index (χ3v) is 4.50. The number of aromatic nitrogens is 1. The first-order valence-corrected chi connectivity index (χ1v) is 10.8. The lowest BCUT2D eigenvalue weighted by atomic mass is 9.91. The van der Waals surface area contributed by atoms with Crippen molar-refractivity contribution in [2.24, 2.45) is 10.4 Å². The second kappa shape index (κ2) is 19.1. The molecule has 1 heterocycles. The molecule has 0 radical (unpaired) electrons. The smallest absolute Gasteiger partial charge is 0.513 e. The molecule has 0 unspecified atom stereocenters. The van der Waals surface area contributed by atoms with Gasteiger partial charge < -0.3 is 53.0 Å². The van der Waals surface area contributed by atoms with Crippen LogP contribution in [0.15, 0.2) is 29.5 Å². The van der Waals surface area contributed by atoms with Crippen LogP contribution in [-0.4, -0.2) is 65.4 Å². The van der Waals surface area contributed by atoms with Gasteiger partial charge >= 0.3 is 6.16 Å². The summed E-state index contributed by atoms with van der Waals surface area (Å²) >= 11 is 0. The summed E-state index contributed by atoms with van der Waals surface area (Å²) in [6, 6.07) is 3.59. The molecule has 2 N–H and O–H groups in total. The lowest BCUT2D eigenvalue weighted by molar-refractivity contribution is -0.727. The van der Waals surface area contributed by atoms with E-state index in [1.54, 1.807) is 30.1 Å². The fraction of sp³-hybridized carbons (Fsp3) is 0.636. The lowest BCUT2D eigenvalue weighted by Crippen LogP contribution is -3.00. The van der Waals surface area contributed by atoms with Crippen LogP contribution in [0.25, 0.3) is 0 Å². The summed E-state index contributed by atoms with van der Waals surface area (Å²) in [6.07, 6.45) is 5.51. The van der Waals surface area contributed by atoms with Crippen molar-refractivity contribution in [1.29, 1.82) is 5.26 Å². The third kappa shape index (κ3) is 15.6. The molecular weight excluding hydrogens is 557 g/mol. The molecule has 0 bridgehead atoms. The lowest BCUT2D eigenvalue weighted by Gasteiger charge is -2.20. The van der Waals surface area contributed by atoms with Gasteiger partial charge in [0, 0.05) is 19.7 Å². The van der Waals surface area contributed by atoms with E-state index in [4.69, 9.17) is 28.9 Å². The molecule has 0 amide bonds. The second-order valence-electron chi connectivity index (χ2n) is 7.74. The SMILES string of the molecule is CCC(C)(C)CN=C(NC#N)Nc1ccc[n+](COC(=O)OCCOCCOCCOC)c1.[I-]. The van der Waals surface area contributed by atoms with E-state index in [1.807, 2.05) is 12.3 Å². The molecule has 0 fully saturated rings. The van der Waals surface area contributed by atoms with Gasteiger partial charge in [-0.2, -0.15) is 9.83 Å². The van der Waals surface area contributed by atoms with E-state index in [2.05, 4.69) is 36.4 Å². The van der Waals surface area contributed by atoms with Crippen molar-refractivity contribution in [2.45, 2.75) is 33.9 Å². The fourth-order valence-corrected chi connectivity index (χ4v) is 2.20. The number of aliphatic imine (C=N–C) groups is 1. The van der Waals surface area contributed by atoms with Crippen LogP contribution in [0, 0.1) is 16.9 Å². The maximum absolute atomic E-state index is 11.7. The molecule has 1 aromatic heterocycles. The minimum atomic E-state index is -0.795. The minimum absolute atomic E-state index is 0. The van der Waals surface area contributed by atoms with Gasteiger partial charge in [-0.1, -0.05) is 20.8 Å². The van der Waals surface area contributed by atoms with Crippen molar-refractivity contribution in [3.05, 3.63) is 24.5 Å². The molecule has 0 saturated carbocycles. The van der Waals surface area contributed by atoms with Crippen molar-refractivity contribution in [1.82, 2.24) is 5.32 Å².